The largest absolute Gasteiger partial charge is 0.309 e. The second-order valence-corrected chi connectivity index (χ2v) is 6.05. The Morgan fingerprint density at radius 2 is 1.71 bits per heavy atom. The van der Waals surface area contributed by atoms with Crippen LogP contribution in [0.3, 0.4) is 0 Å². The summed E-state index contributed by atoms with van der Waals surface area (Å²) >= 11 is 1.81. The molecule has 112 valence electrons. The lowest BCUT2D eigenvalue weighted by Gasteiger charge is -2.21. The van der Waals surface area contributed by atoms with E-state index in [0.717, 1.165) is 12.8 Å². The molecule has 0 radical (unpaired) electrons. The van der Waals surface area contributed by atoms with E-state index in [1.54, 1.807) is 0 Å². The topological polar surface area (TPSA) is 12.0 Å². The van der Waals surface area contributed by atoms with Crippen LogP contribution >= 0.6 is 11.8 Å². The smallest absolute Gasteiger partial charge is 0.0585 e. The first kappa shape index (κ1) is 16.1. The summed E-state index contributed by atoms with van der Waals surface area (Å²) in [4.78, 5) is 1.34. The lowest BCUT2D eigenvalue weighted by Crippen LogP contribution is -2.18. The normalized spacial score (nSPS) is 12.4. The van der Waals surface area contributed by atoms with Gasteiger partial charge in [0.1, 0.15) is 0 Å². The highest BCUT2D eigenvalue weighted by Gasteiger charge is 2.16. The van der Waals surface area contributed by atoms with Crippen molar-refractivity contribution in [3.05, 3.63) is 64.7 Å². The van der Waals surface area contributed by atoms with Gasteiger partial charge in [-0.3, -0.25) is 0 Å². The Balaban J connectivity index is 2.46. The molecule has 0 amide bonds. The molecular formula is C19H25NS. The van der Waals surface area contributed by atoms with Crippen LogP contribution in [0.4, 0.5) is 0 Å². The van der Waals surface area contributed by atoms with Crippen LogP contribution in [-0.2, 0) is 12.8 Å². The first-order chi connectivity index (χ1) is 10.2. The number of hydrogen-bond acceptors (Lipinski definition) is 2. The predicted molar refractivity (Wildman–Crippen MR) is 94.3 cm³/mol. The van der Waals surface area contributed by atoms with E-state index in [1.807, 2.05) is 18.8 Å². The molecule has 0 bridgehead atoms. The zero-order valence-electron chi connectivity index (χ0n) is 13.4. The van der Waals surface area contributed by atoms with E-state index in [4.69, 9.17) is 0 Å². The van der Waals surface area contributed by atoms with Gasteiger partial charge in [0.05, 0.1) is 6.04 Å². The van der Waals surface area contributed by atoms with Crippen LogP contribution in [0.15, 0.2) is 47.4 Å². The average molecular weight is 299 g/mol. The van der Waals surface area contributed by atoms with Gasteiger partial charge in [-0.15, -0.1) is 11.8 Å². The van der Waals surface area contributed by atoms with Gasteiger partial charge in [0.25, 0.3) is 0 Å². The van der Waals surface area contributed by atoms with E-state index in [9.17, 15) is 0 Å². The fourth-order valence-corrected chi connectivity index (χ4v) is 3.54. The summed E-state index contributed by atoms with van der Waals surface area (Å²) in [7, 11) is 2.04. The molecular weight excluding hydrogens is 274 g/mol. The molecule has 2 aromatic rings. The van der Waals surface area contributed by atoms with Crippen LogP contribution in [-0.4, -0.2) is 13.3 Å². The maximum absolute atomic E-state index is 3.48. The van der Waals surface area contributed by atoms with E-state index in [-0.39, 0.29) is 6.04 Å². The summed E-state index contributed by atoms with van der Waals surface area (Å²) in [5.41, 5.74) is 5.65. The summed E-state index contributed by atoms with van der Waals surface area (Å²) in [6, 6.07) is 15.9. The van der Waals surface area contributed by atoms with Crippen molar-refractivity contribution in [2.24, 2.45) is 0 Å². The molecule has 1 nitrogen and oxygen atoms in total. The van der Waals surface area contributed by atoms with Gasteiger partial charge in [-0.05, 0) is 54.5 Å². The third kappa shape index (κ3) is 3.50. The Labute approximate surface area is 133 Å². The van der Waals surface area contributed by atoms with Crippen molar-refractivity contribution in [2.45, 2.75) is 37.6 Å². The molecule has 2 aromatic carbocycles. The van der Waals surface area contributed by atoms with Crippen LogP contribution < -0.4 is 5.32 Å². The molecule has 0 saturated carbocycles. The Morgan fingerprint density at radius 1 is 1.00 bits per heavy atom. The van der Waals surface area contributed by atoms with Gasteiger partial charge >= 0.3 is 0 Å². The van der Waals surface area contributed by atoms with Crippen molar-refractivity contribution < 1.29 is 0 Å². The van der Waals surface area contributed by atoms with Gasteiger partial charge < -0.3 is 5.32 Å². The average Bonchev–Trinajstić information content (AvgIpc) is 2.55. The molecule has 1 atom stereocenters. The molecule has 21 heavy (non-hydrogen) atoms. The van der Waals surface area contributed by atoms with Gasteiger partial charge in [-0.25, -0.2) is 0 Å². The number of benzene rings is 2. The van der Waals surface area contributed by atoms with Crippen LogP contribution in [0.1, 0.15) is 42.1 Å². The number of nitrogens with one attached hydrogen (secondary N) is 1. The molecule has 0 aliphatic heterocycles. The maximum Gasteiger partial charge on any atom is 0.0585 e. The van der Waals surface area contributed by atoms with Crippen molar-refractivity contribution in [1.29, 1.82) is 0 Å². The molecule has 0 aliphatic rings. The van der Waals surface area contributed by atoms with Crippen molar-refractivity contribution in [1.82, 2.24) is 5.32 Å². The Morgan fingerprint density at radius 3 is 2.33 bits per heavy atom. The van der Waals surface area contributed by atoms with Crippen molar-refractivity contribution in [3.8, 4) is 0 Å². The maximum atomic E-state index is 3.48. The highest BCUT2D eigenvalue weighted by Crippen LogP contribution is 2.31. The SMILES string of the molecule is CCc1ccc(C(NC)c2ccccc2SC)cc1CC. The molecule has 1 N–H and O–H groups in total. The third-order valence-corrected chi connectivity index (χ3v) is 4.88. The van der Waals surface area contributed by atoms with E-state index < -0.39 is 0 Å². The summed E-state index contributed by atoms with van der Waals surface area (Å²) in [6.07, 6.45) is 4.34. The van der Waals surface area contributed by atoms with Gasteiger partial charge in [0.2, 0.25) is 0 Å². The zero-order chi connectivity index (χ0) is 15.2. The summed E-state index contributed by atoms with van der Waals surface area (Å²) < 4.78 is 0. The minimum Gasteiger partial charge on any atom is -0.309 e. The Bertz CT molecular complexity index is 592. The van der Waals surface area contributed by atoms with E-state index in [1.165, 1.54) is 27.1 Å². The number of rotatable bonds is 6. The first-order valence-corrected chi connectivity index (χ1v) is 8.89. The summed E-state index contributed by atoms with van der Waals surface area (Å²) in [5, 5.41) is 3.48. The lowest BCUT2D eigenvalue weighted by molar-refractivity contribution is 0.678. The van der Waals surface area contributed by atoms with E-state index >= 15 is 0 Å². The minimum atomic E-state index is 0.254. The second kappa shape index (κ2) is 7.67. The first-order valence-electron chi connectivity index (χ1n) is 7.67. The minimum absolute atomic E-state index is 0.254. The quantitative estimate of drug-likeness (QED) is 0.766. The molecule has 0 fully saturated rings. The third-order valence-electron chi connectivity index (χ3n) is 4.06. The molecule has 2 heteroatoms. The van der Waals surface area contributed by atoms with Gasteiger partial charge in [0.15, 0.2) is 0 Å². The number of aryl methyl sites for hydroxylation is 2. The standard InChI is InChI=1S/C19H25NS/c1-5-14-11-12-16(13-15(14)6-2)19(20-3)17-9-7-8-10-18(17)21-4/h7-13,19-20H,5-6H2,1-4H3. The monoisotopic (exact) mass is 299 g/mol. The highest BCUT2D eigenvalue weighted by atomic mass is 32.2. The zero-order valence-corrected chi connectivity index (χ0v) is 14.3. The van der Waals surface area contributed by atoms with Crippen molar-refractivity contribution in [2.75, 3.05) is 13.3 Å². The van der Waals surface area contributed by atoms with Crippen LogP contribution in [0.25, 0.3) is 0 Å². The molecule has 0 saturated heterocycles. The molecule has 0 spiro atoms. The lowest BCUT2D eigenvalue weighted by atomic mass is 9.93. The molecule has 0 aliphatic carbocycles. The number of hydrogen-bond donors (Lipinski definition) is 1. The van der Waals surface area contributed by atoms with Crippen molar-refractivity contribution >= 4 is 11.8 Å². The Hall–Kier alpha value is -1.25. The predicted octanol–water partition coefficient (Wildman–Crippen LogP) is 4.84. The van der Waals surface area contributed by atoms with Crippen LogP contribution in [0, 0.1) is 0 Å². The van der Waals surface area contributed by atoms with Gasteiger partial charge in [-0.1, -0.05) is 50.2 Å². The fraction of sp³-hybridized carbons (Fsp3) is 0.368. The van der Waals surface area contributed by atoms with Crippen LogP contribution in [0.2, 0.25) is 0 Å². The Kier molecular flexibility index (Phi) is 5.89. The van der Waals surface area contributed by atoms with Gasteiger partial charge in [-0.2, -0.15) is 0 Å². The van der Waals surface area contributed by atoms with Gasteiger partial charge in [0, 0.05) is 4.90 Å². The molecule has 0 heterocycles. The molecule has 2 rings (SSSR count). The summed E-state index contributed by atoms with van der Waals surface area (Å²) in [5.74, 6) is 0. The summed E-state index contributed by atoms with van der Waals surface area (Å²) in [6.45, 7) is 4.47. The second-order valence-electron chi connectivity index (χ2n) is 5.20. The fourth-order valence-electron chi connectivity index (χ4n) is 2.91. The number of thioether (sulfide) groups is 1. The van der Waals surface area contributed by atoms with E-state index in [2.05, 4.69) is 67.9 Å². The molecule has 0 aromatic heterocycles. The van der Waals surface area contributed by atoms with E-state index in [0.29, 0.717) is 0 Å². The van der Waals surface area contributed by atoms with Crippen LogP contribution in [0.5, 0.6) is 0 Å². The van der Waals surface area contributed by atoms with Crippen molar-refractivity contribution in [3.63, 3.8) is 0 Å². The molecule has 1 unspecified atom stereocenters. The highest BCUT2D eigenvalue weighted by molar-refractivity contribution is 7.98.